The van der Waals surface area contributed by atoms with Gasteiger partial charge in [-0.3, -0.25) is 4.79 Å². The third kappa shape index (κ3) is 2.38. The summed E-state index contributed by atoms with van der Waals surface area (Å²) in [6.07, 6.45) is 1.69. The van der Waals surface area contributed by atoms with Crippen molar-refractivity contribution in [3.8, 4) is 0 Å². The fraction of sp³-hybridized carbons (Fsp3) is 0.214. The minimum Gasteiger partial charge on any atom is -0.480 e. The highest BCUT2D eigenvalue weighted by molar-refractivity contribution is 6.33. The van der Waals surface area contributed by atoms with Crippen molar-refractivity contribution in [3.63, 3.8) is 0 Å². The van der Waals surface area contributed by atoms with Gasteiger partial charge in [0.1, 0.15) is 6.04 Å². The van der Waals surface area contributed by atoms with E-state index in [-0.39, 0.29) is 13.0 Å². The number of aliphatic carboxylic acids is 1. The maximum atomic E-state index is 12.6. The lowest BCUT2D eigenvalue weighted by Gasteiger charge is -2.32. The Hall–Kier alpha value is -2.34. The van der Waals surface area contributed by atoms with E-state index >= 15 is 0 Å². The molecule has 6 nitrogen and oxygen atoms in total. The second-order valence-electron chi connectivity index (χ2n) is 4.80. The van der Waals surface area contributed by atoms with E-state index in [1.54, 1.807) is 24.3 Å². The summed E-state index contributed by atoms with van der Waals surface area (Å²) in [6.45, 7) is 0.177. The number of halogens is 1. The van der Waals surface area contributed by atoms with Crippen LogP contribution in [0.4, 0.5) is 0 Å². The van der Waals surface area contributed by atoms with Crippen LogP contribution in [0.1, 0.15) is 21.7 Å². The molecule has 0 aliphatic carbocycles. The molecule has 1 atom stereocenters. The molecule has 1 aromatic heterocycles. The third-order valence-electron chi connectivity index (χ3n) is 3.55. The van der Waals surface area contributed by atoms with Crippen molar-refractivity contribution in [3.05, 3.63) is 52.6 Å². The molecule has 0 fully saturated rings. The van der Waals surface area contributed by atoms with Gasteiger partial charge < -0.3 is 15.0 Å². The van der Waals surface area contributed by atoms with Crippen molar-refractivity contribution in [2.45, 2.75) is 19.0 Å². The van der Waals surface area contributed by atoms with Crippen LogP contribution in [0.5, 0.6) is 0 Å². The van der Waals surface area contributed by atoms with Crippen LogP contribution >= 0.6 is 11.6 Å². The second-order valence-corrected chi connectivity index (χ2v) is 5.21. The van der Waals surface area contributed by atoms with Crippen LogP contribution in [0.15, 0.2) is 30.6 Å². The van der Waals surface area contributed by atoms with Gasteiger partial charge in [-0.05, 0) is 12.1 Å². The molecule has 0 bridgehead atoms. The number of imidazole rings is 1. The standard InChI is InChI=1S/C14H12ClN3O3/c15-9-4-2-1-3-8(9)13(19)18-6-11-10(16-7-17-11)5-12(18)14(20)21/h1-4,7,12H,5-6H2,(H,16,17)(H,20,21). The Kier molecular flexibility index (Phi) is 3.39. The van der Waals surface area contributed by atoms with Gasteiger partial charge in [-0.25, -0.2) is 9.78 Å². The predicted molar refractivity (Wildman–Crippen MR) is 75.0 cm³/mol. The number of aromatic amines is 1. The van der Waals surface area contributed by atoms with Gasteiger partial charge in [0.05, 0.1) is 34.8 Å². The number of nitrogens with one attached hydrogen (secondary N) is 1. The van der Waals surface area contributed by atoms with Crippen LogP contribution in [0.3, 0.4) is 0 Å². The van der Waals surface area contributed by atoms with Crippen molar-refractivity contribution in [2.75, 3.05) is 0 Å². The molecule has 0 saturated heterocycles. The van der Waals surface area contributed by atoms with E-state index < -0.39 is 17.9 Å². The van der Waals surface area contributed by atoms with E-state index in [1.807, 2.05) is 0 Å². The molecule has 1 unspecified atom stereocenters. The van der Waals surface area contributed by atoms with Gasteiger partial charge in [-0.2, -0.15) is 0 Å². The highest BCUT2D eigenvalue weighted by Crippen LogP contribution is 2.25. The van der Waals surface area contributed by atoms with Crippen molar-refractivity contribution in [1.82, 2.24) is 14.9 Å². The monoisotopic (exact) mass is 305 g/mol. The molecule has 108 valence electrons. The molecule has 1 aromatic carbocycles. The summed E-state index contributed by atoms with van der Waals surface area (Å²) in [5.41, 5.74) is 1.74. The van der Waals surface area contributed by atoms with Crippen LogP contribution < -0.4 is 0 Å². The Balaban J connectivity index is 1.98. The Labute approximate surface area is 125 Å². The number of aromatic nitrogens is 2. The molecular weight excluding hydrogens is 294 g/mol. The van der Waals surface area contributed by atoms with Gasteiger partial charge >= 0.3 is 5.97 Å². The molecule has 3 rings (SSSR count). The fourth-order valence-electron chi connectivity index (χ4n) is 2.46. The number of carboxylic acids is 1. The van der Waals surface area contributed by atoms with Crippen LogP contribution in [0.2, 0.25) is 5.02 Å². The maximum Gasteiger partial charge on any atom is 0.326 e. The number of hydrogen-bond donors (Lipinski definition) is 2. The van der Waals surface area contributed by atoms with Gasteiger partial charge in [0.2, 0.25) is 0 Å². The van der Waals surface area contributed by atoms with Crippen LogP contribution in [0, 0.1) is 0 Å². The van der Waals surface area contributed by atoms with E-state index in [9.17, 15) is 14.7 Å². The zero-order chi connectivity index (χ0) is 15.0. The van der Waals surface area contributed by atoms with Gasteiger partial charge in [-0.1, -0.05) is 23.7 Å². The summed E-state index contributed by atoms with van der Waals surface area (Å²) in [4.78, 5) is 32.4. The number of benzene rings is 1. The summed E-state index contributed by atoms with van der Waals surface area (Å²) >= 11 is 6.03. The Morgan fingerprint density at radius 2 is 2.14 bits per heavy atom. The van der Waals surface area contributed by atoms with Crippen LogP contribution in [0.25, 0.3) is 0 Å². The average Bonchev–Trinajstić information content (AvgIpc) is 2.93. The van der Waals surface area contributed by atoms with Gasteiger partial charge in [0.15, 0.2) is 0 Å². The topological polar surface area (TPSA) is 86.3 Å². The highest BCUT2D eigenvalue weighted by Gasteiger charge is 2.36. The lowest BCUT2D eigenvalue weighted by molar-refractivity contribution is -0.142. The molecular formula is C14H12ClN3O3. The third-order valence-corrected chi connectivity index (χ3v) is 3.88. The number of carboxylic acid groups (broad SMARTS) is 1. The molecule has 1 amide bonds. The number of amides is 1. The average molecular weight is 306 g/mol. The molecule has 7 heteroatoms. The van der Waals surface area contributed by atoms with Gasteiger partial charge in [-0.15, -0.1) is 0 Å². The molecule has 21 heavy (non-hydrogen) atoms. The quantitative estimate of drug-likeness (QED) is 0.884. The first kappa shape index (κ1) is 13.6. The van der Waals surface area contributed by atoms with Gasteiger partial charge in [0, 0.05) is 6.42 Å². The first-order valence-corrected chi connectivity index (χ1v) is 6.75. The molecule has 1 aliphatic rings. The number of rotatable bonds is 2. The Morgan fingerprint density at radius 3 is 2.86 bits per heavy atom. The smallest absolute Gasteiger partial charge is 0.326 e. The van der Waals surface area contributed by atoms with E-state index in [0.29, 0.717) is 16.3 Å². The minimum atomic E-state index is -1.05. The molecule has 2 aromatic rings. The van der Waals surface area contributed by atoms with Crippen molar-refractivity contribution in [2.24, 2.45) is 0 Å². The largest absolute Gasteiger partial charge is 0.480 e. The Morgan fingerprint density at radius 1 is 1.38 bits per heavy atom. The Bertz CT molecular complexity index is 713. The summed E-state index contributed by atoms with van der Waals surface area (Å²) < 4.78 is 0. The van der Waals surface area contributed by atoms with Crippen molar-refractivity contribution in [1.29, 1.82) is 0 Å². The number of carbonyl (C=O) groups excluding carboxylic acids is 1. The first-order chi connectivity index (χ1) is 10.1. The SMILES string of the molecule is O=C(O)C1Cc2nc[nH]c2CN1C(=O)c1ccccc1Cl. The molecule has 1 aliphatic heterocycles. The summed E-state index contributed by atoms with van der Waals surface area (Å²) in [5.74, 6) is -1.45. The number of H-pyrrole nitrogens is 1. The normalized spacial score (nSPS) is 17.4. The lowest BCUT2D eigenvalue weighted by atomic mass is 10.0. The zero-order valence-corrected chi connectivity index (χ0v) is 11.7. The molecule has 0 radical (unpaired) electrons. The summed E-state index contributed by atoms with van der Waals surface area (Å²) in [7, 11) is 0. The molecule has 2 heterocycles. The van der Waals surface area contributed by atoms with Crippen molar-refractivity contribution < 1.29 is 14.7 Å². The number of carbonyl (C=O) groups is 2. The number of fused-ring (bicyclic) bond motifs is 1. The molecule has 0 spiro atoms. The maximum absolute atomic E-state index is 12.6. The molecule has 2 N–H and O–H groups in total. The molecule has 0 saturated carbocycles. The van der Waals surface area contributed by atoms with Crippen LogP contribution in [-0.4, -0.2) is 37.9 Å². The van der Waals surface area contributed by atoms with Crippen LogP contribution in [-0.2, 0) is 17.8 Å². The summed E-state index contributed by atoms with van der Waals surface area (Å²) in [6, 6.07) is 5.67. The highest BCUT2D eigenvalue weighted by atomic mass is 35.5. The number of nitrogens with zero attached hydrogens (tertiary/aromatic N) is 2. The summed E-state index contributed by atoms with van der Waals surface area (Å²) in [5, 5.41) is 9.68. The first-order valence-electron chi connectivity index (χ1n) is 6.37. The minimum absolute atomic E-state index is 0.177. The number of hydrogen-bond acceptors (Lipinski definition) is 3. The lowest BCUT2D eigenvalue weighted by Crippen LogP contribution is -2.48. The van der Waals surface area contributed by atoms with E-state index in [2.05, 4.69) is 9.97 Å². The zero-order valence-electron chi connectivity index (χ0n) is 10.9. The fourth-order valence-corrected chi connectivity index (χ4v) is 2.68. The van der Waals surface area contributed by atoms with E-state index in [4.69, 9.17) is 11.6 Å². The van der Waals surface area contributed by atoms with E-state index in [1.165, 1.54) is 11.2 Å². The van der Waals surface area contributed by atoms with Gasteiger partial charge in [0.25, 0.3) is 5.91 Å². The second kappa shape index (κ2) is 5.21. The predicted octanol–water partition coefficient (Wildman–Crippen LogP) is 1.71. The van der Waals surface area contributed by atoms with Crippen molar-refractivity contribution >= 4 is 23.5 Å². The van der Waals surface area contributed by atoms with E-state index in [0.717, 1.165) is 5.69 Å².